The number of H-pyrrole nitrogens is 1. The number of nitrogens with zero attached hydrogens (tertiary/aromatic N) is 5. The zero-order valence-electron chi connectivity index (χ0n) is 39.2. The van der Waals surface area contributed by atoms with Gasteiger partial charge in [-0.1, -0.05) is 43.2 Å². The molecule has 3 aliphatic heterocycles. The molecule has 3 N–H and O–H groups in total. The molecule has 5 heterocycles. The van der Waals surface area contributed by atoms with Gasteiger partial charge in [0.2, 0.25) is 5.88 Å². The van der Waals surface area contributed by atoms with Crippen molar-refractivity contribution in [2.75, 3.05) is 74.1 Å². The van der Waals surface area contributed by atoms with E-state index in [4.69, 9.17) is 26.1 Å². The number of allylic oxidation sites excluding steroid dienone is 1. The van der Waals surface area contributed by atoms with Crippen LogP contribution in [0.5, 0.6) is 5.88 Å². The number of amides is 1. The average Bonchev–Trinajstić information content (AvgIpc) is 3.88. The van der Waals surface area contributed by atoms with Crippen LogP contribution in [0.1, 0.15) is 74.7 Å². The molecule has 10 rings (SSSR count). The van der Waals surface area contributed by atoms with E-state index >= 15 is 8.78 Å². The highest BCUT2D eigenvalue weighted by Crippen LogP contribution is 2.49. The Bertz CT molecular complexity index is 2950. The van der Waals surface area contributed by atoms with Gasteiger partial charge in [0.1, 0.15) is 23.1 Å². The Morgan fingerprint density at radius 1 is 0.986 bits per heavy atom. The highest BCUT2D eigenvalue weighted by Gasteiger charge is 2.50. The Morgan fingerprint density at radius 2 is 1.76 bits per heavy atom. The number of carbonyl (C=O) groups excluding carboxylic acids is 1. The molecule has 1 saturated carbocycles. The normalized spacial score (nSPS) is 21.7. The van der Waals surface area contributed by atoms with Crippen molar-refractivity contribution in [2.24, 2.45) is 17.3 Å². The summed E-state index contributed by atoms with van der Waals surface area (Å²) in [5, 5.41) is 16.8. The first-order valence-corrected chi connectivity index (χ1v) is 25.9. The fourth-order valence-corrected chi connectivity index (χ4v) is 11.9. The second kappa shape index (κ2) is 19.1. The first-order valence-electron chi connectivity index (χ1n) is 24.0. The van der Waals surface area contributed by atoms with Crippen LogP contribution in [0.3, 0.4) is 0 Å². The smallest absolute Gasteiger partial charge is 0.293 e. The lowest BCUT2D eigenvalue weighted by molar-refractivity contribution is -0.384. The van der Waals surface area contributed by atoms with Gasteiger partial charge in [-0.25, -0.2) is 21.9 Å². The average molecular weight is 1000 g/mol. The number of rotatable bonds is 12. The number of hydrogen-bond donors (Lipinski definition) is 3. The lowest BCUT2D eigenvalue weighted by Gasteiger charge is -2.39. The topological polar surface area (TPSA) is 175 Å². The van der Waals surface area contributed by atoms with Gasteiger partial charge in [-0.2, -0.15) is 4.98 Å². The number of piperazine rings is 1. The number of halogens is 3. The molecule has 2 aliphatic carbocycles. The van der Waals surface area contributed by atoms with Crippen molar-refractivity contribution < 1.29 is 36.4 Å². The van der Waals surface area contributed by atoms with Gasteiger partial charge >= 0.3 is 0 Å². The van der Waals surface area contributed by atoms with Crippen LogP contribution in [0.2, 0.25) is 5.02 Å². The minimum atomic E-state index is -4.69. The number of ether oxygens (including phenoxy) is 2. The molecule has 19 heteroatoms. The number of anilines is 4. The minimum absolute atomic E-state index is 0.0194. The van der Waals surface area contributed by atoms with Gasteiger partial charge in [-0.05, 0) is 109 Å². The second-order valence-electron chi connectivity index (χ2n) is 20.2. The van der Waals surface area contributed by atoms with Crippen molar-refractivity contribution in [3.05, 3.63) is 111 Å². The SMILES string of the molecule is CC1(C)CCC(CN2CCN(c3ccc(C(=O)NS(=O)(=O)c4ccc(NCC5CCOCC5)c([N+](=O)[O-])c4)c(N4CC5CC(F)(F)CC5Oc5nc6[nH]ccc6cc54)c3)CC2)=C(c2ccc(Cl)cc2)C1. The molecule has 3 fully saturated rings. The van der Waals surface area contributed by atoms with Crippen LogP contribution in [0.4, 0.5) is 37.2 Å². The molecular formula is C51H57ClF2N8O7S. The summed E-state index contributed by atoms with van der Waals surface area (Å²) in [6, 6.07) is 20.4. The molecule has 5 aromatic rings. The molecule has 1 amide bonds. The van der Waals surface area contributed by atoms with Crippen molar-refractivity contribution in [2.45, 2.75) is 75.7 Å². The van der Waals surface area contributed by atoms with E-state index in [0.717, 1.165) is 63.5 Å². The third kappa shape index (κ3) is 10.2. The van der Waals surface area contributed by atoms with E-state index in [1.165, 1.54) is 28.8 Å². The predicted molar refractivity (Wildman–Crippen MR) is 266 cm³/mol. The van der Waals surface area contributed by atoms with Crippen LogP contribution in [0.15, 0.2) is 89.5 Å². The number of aromatic amines is 1. The Labute approximate surface area is 410 Å². The maximum absolute atomic E-state index is 15.2. The van der Waals surface area contributed by atoms with E-state index in [2.05, 4.69) is 50.8 Å². The lowest BCUT2D eigenvalue weighted by Crippen LogP contribution is -2.47. The van der Waals surface area contributed by atoms with Gasteiger partial charge in [0, 0.05) is 106 Å². The number of nitro benzene ring substituents is 1. The maximum Gasteiger partial charge on any atom is 0.293 e. The molecule has 2 unspecified atom stereocenters. The first kappa shape index (κ1) is 47.8. The van der Waals surface area contributed by atoms with Crippen LogP contribution in [-0.4, -0.2) is 105 Å². The van der Waals surface area contributed by atoms with Crippen molar-refractivity contribution in [1.82, 2.24) is 19.6 Å². The molecule has 5 aliphatic rings. The summed E-state index contributed by atoms with van der Waals surface area (Å²) in [6.45, 7) is 9.92. The van der Waals surface area contributed by atoms with Gasteiger partial charge in [0.05, 0.1) is 21.1 Å². The quantitative estimate of drug-likeness (QED) is 0.0799. The summed E-state index contributed by atoms with van der Waals surface area (Å²) in [7, 11) is -4.69. The molecule has 15 nitrogen and oxygen atoms in total. The lowest BCUT2D eigenvalue weighted by atomic mass is 9.72. The van der Waals surface area contributed by atoms with Crippen molar-refractivity contribution in [3.8, 4) is 5.88 Å². The van der Waals surface area contributed by atoms with E-state index in [0.29, 0.717) is 54.6 Å². The van der Waals surface area contributed by atoms with E-state index in [1.54, 1.807) is 23.2 Å². The predicted octanol–water partition coefficient (Wildman–Crippen LogP) is 9.81. The summed E-state index contributed by atoms with van der Waals surface area (Å²) in [5.74, 6) is -4.34. The number of nitro groups is 1. The Hall–Kier alpha value is -5.82. The number of aromatic nitrogens is 2. The van der Waals surface area contributed by atoms with Crippen molar-refractivity contribution in [1.29, 1.82) is 0 Å². The molecule has 70 heavy (non-hydrogen) atoms. The third-order valence-electron chi connectivity index (χ3n) is 14.7. The van der Waals surface area contributed by atoms with Gasteiger partial charge < -0.3 is 29.6 Å². The van der Waals surface area contributed by atoms with Crippen LogP contribution >= 0.6 is 11.6 Å². The summed E-state index contributed by atoms with van der Waals surface area (Å²) in [4.78, 5) is 39.9. The second-order valence-corrected chi connectivity index (χ2v) is 22.3. The Morgan fingerprint density at radius 3 is 2.51 bits per heavy atom. The first-order chi connectivity index (χ1) is 33.5. The highest BCUT2D eigenvalue weighted by atomic mass is 35.5. The maximum atomic E-state index is 15.2. The van der Waals surface area contributed by atoms with Crippen molar-refractivity contribution >= 4 is 72.6 Å². The Balaban J connectivity index is 0.962. The standard InChI is InChI=1S/C51H57ClF2N8O7S/c1-50(2)15-11-35(41(27-50)33-3-5-37(52)6-4-33)30-59-17-19-60(20-18-59)38-7-9-40(48(63)58-70(66,67)39-8-10-42(44(25-39)62(64)65)56-29-32-13-21-68-22-14-32)43(24-38)61-31-36-26-51(53,54)28-46(36)69-49-45(61)23-34-12-16-55-47(34)57-49/h3-10,12,16,23-25,32,36,46,56H,11,13-15,17-22,26-31H2,1-2H3,(H,55,57)(H,58,63). The monoisotopic (exact) mass is 998 g/mol. The number of sulfonamides is 1. The van der Waals surface area contributed by atoms with Crippen LogP contribution < -0.4 is 24.6 Å². The molecule has 370 valence electrons. The largest absolute Gasteiger partial charge is 0.472 e. The summed E-state index contributed by atoms with van der Waals surface area (Å²) < 4.78 is 72.5. The molecule has 3 aromatic carbocycles. The van der Waals surface area contributed by atoms with E-state index in [1.807, 2.05) is 30.3 Å². The molecule has 2 atom stereocenters. The molecule has 0 spiro atoms. The third-order valence-corrected chi connectivity index (χ3v) is 16.3. The number of alkyl halides is 2. The number of carbonyl (C=O) groups is 1. The van der Waals surface area contributed by atoms with E-state index in [-0.39, 0.29) is 40.7 Å². The van der Waals surface area contributed by atoms with Gasteiger partial charge in [-0.15, -0.1) is 0 Å². The summed E-state index contributed by atoms with van der Waals surface area (Å²) in [6.07, 6.45) is 4.54. The summed E-state index contributed by atoms with van der Waals surface area (Å²) in [5.41, 5.74) is 5.77. The molecule has 0 radical (unpaired) electrons. The van der Waals surface area contributed by atoms with Crippen LogP contribution in [0.25, 0.3) is 16.6 Å². The number of nitrogens with one attached hydrogen (secondary N) is 3. The fraction of sp³-hybridized carbons (Fsp3) is 0.451. The molecule has 2 saturated heterocycles. The van der Waals surface area contributed by atoms with Crippen molar-refractivity contribution in [3.63, 3.8) is 0 Å². The van der Waals surface area contributed by atoms with Crippen LogP contribution in [0, 0.1) is 27.4 Å². The number of fused-ring (bicyclic) bond motifs is 3. The molecular weight excluding hydrogens is 942 g/mol. The highest BCUT2D eigenvalue weighted by molar-refractivity contribution is 7.90. The van der Waals surface area contributed by atoms with Gasteiger partial charge in [-0.3, -0.25) is 19.8 Å². The Kier molecular flexibility index (Phi) is 13.0. The van der Waals surface area contributed by atoms with Crippen LogP contribution in [-0.2, 0) is 14.8 Å². The van der Waals surface area contributed by atoms with E-state index in [9.17, 15) is 23.3 Å². The van der Waals surface area contributed by atoms with Gasteiger partial charge in [0.25, 0.3) is 27.5 Å². The number of benzene rings is 3. The number of pyridine rings is 1. The zero-order valence-corrected chi connectivity index (χ0v) is 40.8. The van der Waals surface area contributed by atoms with E-state index < -0.39 is 62.2 Å². The van der Waals surface area contributed by atoms with Gasteiger partial charge in [0.15, 0.2) is 0 Å². The molecule has 0 bridgehead atoms. The fourth-order valence-electron chi connectivity index (χ4n) is 10.8. The molecule has 2 aromatic heterocycles. The zero-order chi connectivity index (χ0) is 49.0. The summed E-state index contributed by atoms with van der Waals surface area (Å²) >= 11 is 6.28. The number of hydrogen-bond acceptors (Lipinski definition) is 12. The minimum Gasteiger partial charge on any atom is -0.472 e.